The van der Waals surface area contributed by atoms with E-state index in [0.717, 1.165) is 6.04 Å². The maximum Gasteiger partial charge on any atom is 0.00955 e. The molecule has 1 aliphatic carbocycles. The molecular weight excluding hydrogens is 614 g/mol. The number of hydrogen-bond donors (Lipinski definition) is 0. The van der Waals surface area contributed by atoms with Crippen LogP contribution in [0.4, 0.5) is 0 Å². The van der Waals surface area contributed by atoms with Crippen LogP contribution in [-0.4, -0.2) is 36.4 Å². The van der Waals surface area contributed by atoms with Crippen molar-refractivity contribution in [3.05, 3.63) is 121 Å². The molecule has 0 unspecified atom stereocenters. The Hall–Kier alpha value is -1.21. The fourth-order valence-electron chi connectivity index (χ4n) is 5.63. The molecule has 0 amide bonds. The molecule has 1 saturated carbocycles. The summed E-state index contributed by atoms with van der Waals surface area (Å²) in [6.45, 7) is 2.37. The first-order valence-electron chi connectivity index (χ1n) is 14.1. The molecule has 0 atom stereocenters. The van der Waals surface area contributed by atoms with E-state index in [1.807, 2.05) is 0 Å². The van der Waals surface area contributed by atoms with E-state index in [2.05, 4.69) is 126 Å². The van der Waals surface area contributed by atoms with Crippen LogP contribution in [0, 0.1) is 0 Å². The summed E-state index contributed by atoms with van der Waals surface area (Å²) in [5, 5.41) is 6.01. The smallest absolute Gasteiger partial charge is 0.00955 e. The molecule has 40 heavy (non-hydrogen) atoms. The molecule has 0 spiro atoms. The van der Waals surface area contributed by atoms with E-state index >= 15 is 0 Å². The second kappa shape index (κ2) is 18.4. The van der Waals surface area contributed by atoms with Crippen molar-refractivity contribution in [1.82, 2.24) is 4.90 Å². The standard InChI is InChI=1S/C34H39NP2.2ClH.Co/c1-6-16-30(17-7-1)35(26-28-36(31-18-8-2-9-19-31)32-20-10-3-11-21-32)27-29-37(33-22-12-4-13-23-33)34-24-14-5-15-25-34;;;/h2-5,8-15,18-25,30H,1,6-7,16-17,26-29H2;2*1H;/q;;;+2/p-2. The minimum atomic E-state index is -0.355. The molecule has 6 heteroatoms. The normalized spacial score (nSPS) is 13.9. The third-order valence-electron chi connectivity index (χ3n) is 7.58. The van der Waals surface area contributed by atoms with Crippen LogP contribution in [0.25, 0.3) is 0 Å². The molecule has 0 radical (unpaired) electrons. The summed E-state index contributed by atoms with van der Waals surface area (Å²) in [6, 6.07) is 45.7. The van der Waals surface area contributed by atoms with E-state index in [9.17, 15) is 0 Å². The fourth-order valence-corrected chi connectivity index (χ4v) is 10.3. The van der Waals surface area contributed by atoms with Crippen LogP contribution in [0.1, 0.15) is 32.1 Å². The molecule has 1 nitrogen and oxygen atoms in total. The van der Waals surface area contributed by atoms with E-state index < -0.39 is 0 Å². The van der Waals surface area contributed by atoms with E-state index in [1.54, 1.807) is 0 Å². The van der Waals surface area contributed by atoms with Gasteiger partial charge in [0.15, 0.2) is 0 Å². The molecule has 0 aromatic heterocycles. The number of benzene rings is 4. The van der Waals surface area contributed by atoms with Gasteiger partial charge in [-0.15, -0.1) is 0 Å². The largest absolute Gasteiger partial charge is 0.300 e. The third-order valence-corrected chi connectivity index (χ3v) is 12.6. The van der Waals surface area contributed by atoms with Gasteiger partial charge in [-0.1, -0.05) is 141 Å². The van der Waals surface area contributed by atoms with Gasteiger partial charge in [-0.05, 0) is 62.2 Å². The van der Waals surface area contributed by atoms with E-state index in [-0.39, 0.29) is 15.8 Å². The molecule has 0 saturated heterocycles. The summed E-state index contributed by atoms with van der Waals surface area (Å²) < 4.78 is 0. The Morgan fingerprint density at radius 3 is 1.12 bits per heavy atom. The van der Waals surface area contributed by atoms with E-state index in [1.165, 1.54) is 78.7 Å². The number of halogens is 2. The maximum atomic E-state index is 4.73. The summed E-state index contributed by atoms with van der Waals surface area (Å²) in [7, 11) is 8.76. The van der Waals surface area contributed by atoms with Crippen molar-refractivity contribution in [2.24, 2.45) is 0 Å². The minimum absolute atomic E-state index is 0.355. The summed E-state index contributed by atoms with van der Waals surface area (Å²) in [4.78, 5) is 2.89. The van der Waals surface area contributed by atoms with Gasteiger partial charge in [-0.3, -0.25) is 4.90 Å². The van der Waals surface area contributed by atoms with Crippen LogP contribution < -0.4 is 21.2 Å². The SMILES string of the molecule is [Cl][Co][Cl].c1ccc(P(CCN(CCP(c2ccccc2)c2ccccc2)C2CCCCC2)c2ccccc2)cc1. The first kappa shape index (κ1) is 31.7. The Bertz CT molecular complexity index is 1030. The van der Waals surface area contributed by atoms with Crippen LogP contribution in [0.15, 0.2) is 121 Å². The van der Waals surface area contributed by atoms with E-state index in [0.29, 0.717) is 12.9 Å². The second-order valence-electron chi connectivity index (χ2n) is 10.0. The third kappa shape index (κ3) is 9.96. The molecule has 4 aromatic carbocycles. The molecular formula is C34H39Cl2CoNP2. The van der Waals surface area contributed by atoms with Crippen molar-refractivity contribution in [3.63, 3.8) is 0 Å². The van der Waals surface area contributed by atoms with Crippen LogP contribution >= 0.6 is 36.1 Å². The van der Waals surface area contributed by atoms with Crippen LogP contribution in [0.3, 0.4) is 0 Å². The zero-order valence-corrected chi connectivity index (χ0v) is 27.3. The predicted molar refractivity (Wildman–Crippen MR) is 178 cm³/mol. The Kier molecular flexibility index (Phi) is 14.6. The molecule has 0 heterocycles. The quantitative estimate of drug-likeness (QED) is 0.148. The molecule has 5 rings (SSSR count). The van der Waals surface area contributed by atoms with Crippen molar-refractivity contribution in [3.8, 4) is 0 Å². The summed E-state index contributed by atoms with van der Waals surface area (Å²) >= 11 is 0.382. The maximum absolute atomic E-state index is 4.73. The average molecular weight is 653 g/mol. The Morgan fingerprint density at radius 2 is 0.825 bits per heavy atom. The average Bonchev–Trinajstić information content (AvgIpc) is 3.03. The molecule has 1 aliphatic rings. The fraction of sp³-hybridized carbons (Fsp3) is 0.294. The molecule has 0 bridgehead atoms. The summed E-state index contributed by atoms with van der Waals surface area (Å²) in [5.74, 6) is 0. The molecule has 0 aliphatic heterocycles. The Labute approximate surface area is 258 Å². The Morgan fingerprint density at radius 1 is 0.525 bits per heavy atom. The van der Waals surface area contributed by atoms with Crippen molar-refractivity contribution in [2.45, 2.75) is 38.1 Å². The second-order valence-corrected chi connectivity index (χ2v) is 16.4. The van der Waals surface area contributed by atoms with Gasteiger partial charge in [0.1, 0.15) is 0 Å². The summed E-state index contributed by atoms with van der Waals surface area (Å²) in [5.41, 5.74) is 0. The molecule has 1 fully saturated rings. The van der Waals surface area contributed by atoms with Crippen LogP contribution in [-0.2, 0) is 12.9 Å². The first-order chi connectivity index (χ1) is 19.8. The van der Waals surface area contributed by atoms with Gasteiger partial charge in [-0.2, -0.15) is 0 Å². The molecule has 4 aromatic rings. The minimum Gasteiger partial charge on any atom is -0.300 e. The Balaban J connectivity index is 0.00000118. The molecule has 0 N–H and O–H groups in total. The first-order valence-corrected chi connectivity index (χ1v) is 20.0. The van der Waals surface area contributed by atoms with Gasteiger partial charge in [0.25, 0.3) is 0 Å². The van der Waals surface area contributed by atoms with Gasteiger partial charge in [0.05, 0.1) is 0 Å². The van der Waals surface area contributed by atoms with Crippen molar-refractivity contribution in [2.75, 3.05) is 25.4 Å². The summed E-state index contributed by atoms with van der Waals surface area (Å²) in [6.07, 6.45) is 9.38. The number of rotatable bonds is 11. The van der Waals surface area contributed by atoms with Crippen molar-refractivity contribution in [1.29, 1.82) is 0 Å². The van der Waals surface area contributed by atoms with E-state index in [4.69, 9.17) is 20.3 Å². The van der Waals surface area contributed by atoms with Crippen molar-refractivity contribution < 1.29 is 12.9 Å². The van der Waals surface area contributed by atoms with Crippen LogP contribution in [0.5, 0.6) is 0 Å². The number of nitrogens with zero attached hydrogens (tertiary/aromatic N) is 1. The van der Waals surface area contributed by atoms with Crippen LogP contribution in [0.2, 0.25) is 0 Å². The number of hydrogen-bond acceptors (Lipinski definition) is 1. The van der Waals surface area contributed by atoms with Crippen molar-refractivity contribution >= 4 is 57.4 Å². The molecule has 213 valence electrons. The van der Waals surface area contributed by atoms with Gasteiger partial charge in [0, 0.05) is 19.1 Å². The van der Waals surface area contributed by atoms with Gasteiger partial charge in [0.2, 0.25) is 0 Å². The topological polar surface area (TPSA) is 3.24 Å². The monoisotopic (exact) mass is 652 g/mol. The van der Waals surface area contributed by atoms with Gasteiger partial charge < -0.3 is 0 Å². The van der Waals surface area contributed by atoms with Gasteiger partial charge >= 0.3 is 33.2 Å². The van der Waals surface area contributed by atoms with Gasteiger partial charge in [-0.25, -0.2) is 0 Å². The zero-order valence-electron chi connectivity index (χ0n) is 22.9. The zero-order chi connectivity index (χ0) is 27.8. The predicted octanol–water partition coefficient (Wildman–Crippen LogP) is 8.26.